The summed E-state index contributed by atoms with van der Waals surface area (Å²) in [6, 6.07) is 17.0. The summed E-state index contributed by atoms with van der Waals surface area (Å²) < 4.78 is 12.7. The molecule has 0 aliphatic rings. The molecule has 7 heteroatoms. The number of benzene rings is 3. The quantitative estimate of drug-likeness (QED) is 0.389. The van der Waals surface area contributed by atoms with Gasteiger partial charge in [-0.3, -0.25) is 0 Å². The number of aromatic nitrogens is 1. The van der Waals surface area contributed by atoms with Crippen molar-refractivity contribution >= 4 is 50.7 Å². The van der Waals surface area contributed by atoms with Crippen LogP contribution in [0.25, 0.3) is 21.8 Å². The van der Waals surface area contributed by atoms with Gasteiger partial charge in [-0.15, -0.1) is 0 Å². The number of hydrogen-bond acceptors (Lipinski definition) is 4. The highest BCUT2D eigenvalue weighted by atomic mass is 35.5. The standard InChI is InChI=1S/C23H22Cl2N2O3/c1-29-17-5-6-20(23(11-17)30-2)26-12-16(28)13-27-21-7-3-14(24)9-18(21)19-10-15(25)4-8-22(19)27/h3-11,16,26,28H,12-13H2,1-2H3/t16-/m1/s1. The number of ether oxygens (including phenoxy) is 2. The van der Waals surface area contributed by atoms with E-state index in [1.54, 1.807) is 20.3 Å². The number of nitrogens with one attached hydrogen (secondary N) is 1. The molecule has 30 heavy (non-hydrogen) atoms. The first-order chi connectivity index (χ1) is 14.5. The maximum atomic E-state index is 10.8. The molecule has 5 nitrogen and oxygen atoms in total. The predicted octanol–water partition coefficient (Wildman–Crippen LogP) is 5.59. The highest BCUT2D eigenvalue weighted by Gasteiger charge is 2.15. The van der Waals surface area contributed by atoms with Crippen molar-refractivity contribution in [2.75, 3.05) is 26.1 Å². The van der Waals surface area contributed by atoms with Gasteiger partial charge in [0.05, 0.1) is 32.6 Å². The summed E-state index contributed by atoms with van der Waals surface area (Å²) >= 11 is 12.4. The SMILES string of the molecule is COc1ccc(NC[C@@H](O)Cn2c3ccc(Cl)cc3c3cc(Cl)ccc32)c(OC)c1. The van der Waals surface area contributed by atoms with E-state index in [4.69, 9.17) is 32.7 Å². The first-order valence-electron chi connectivity index (χ1n) is 9.51. The largest absolute Gasteiger partial charge is 0.497 e. The molecule has 0 spiro atoms. The van der Waals surface area contributed by atoms with Crippen molar-refractivity contribution in [2.24, 2.45) is 0 Å². The van der Waals surface area contributed by atoms with Gasteiger partial charge < -0.3 is 24.5 Å². The number of aliphatic hydroxyl groups is 1. The number of rotatable bonds is 7. The first-order valence-corrected chi connectivity index (χ1v) is 10.3. The zero-order valence-electron chi connectivity index (χ0n) is 16.7. The van der Waals surface area contributed by atoms with E-state index >= 15 is 0 Å². The number of anilines is 1. The van der Waals surface area contributed by atoms with Crippen LogP contribution in [0.1, 0.15) is 0 Å². The number of nitrogens with zero attached hydrogens (tertiary/aromatic N) is 1. The van der Waals surface area contributed by atoms with Gasteiger partial charge in [0.1, 0.15) is 11.5 Å². The molecule has 2 N–H and O–H groups in total. The van der Waals surface area contributed by atoms with Gasteiger partial charge >= 0.3 is 0 Å². The first kappa shape index (κ1) is 20.7. The maximum absolute atomic E-state index is 10.8. The number of hydrogen-bond donors (Lipinski definition) is 2. The van der Waals surface area contributed by atoms with Gasteiger partial charge in [-0.05, 0) is 48.5 Å². The van der Waals surface area contributed by atoms with Crippen LogP contribution in [0, 0.1) is 0 Å². The minimum absolute atomic E-state index is 0.352. The number of halogens is 2. The van der Waals surface area contributed by atoms with Crippen LogP contribution in [0.3, 0.4) is 0 Å². The van der Waals surface area contributed by atoms with E-state index in [9.17, 15) is 5.11 Å². The lowest BCUT2D eigenvalue weighted by atomic mass is 10.1. The molecule has 0 radical (unpaired) electrons. The van der Waals surface area contributed by atoms with Crippen LogP contribution < -0.4 is 14.8 Å². The molecule has 0 bridgehead atoms. The minimum Gasteiger partial charge on any atom is -0.497 e. The average Bonchev–Trinajstić information content (AvgIpc) is 3.04. The lowest BCUT2D eigenvalue weighted by Crippen LogP contribution is -2.25. The third kappa shape index (κ3) is 4.01. The lowest BCUT2D eigenvalue weighted by Gasteiger charge is -2.17. The zero-order valence-corrected chi connectivity index (χ0v) is 18.2. The average molecular weight is 445 g/mol. The van der Waals surface area contributed by atoms with E-state index < -0.39 is 6.10 Å². The van der Waals surface area contributed by atoms with Crippen LogP contribution in [0.2, 0.25) is 10.0 Å². The Kier molecular flexibility index (Phi) is 5.95. The molecular formula is C23H22Cl2N2O3. The second-order valence-electron chi connectivity index (χ2n) is 7.03. The number of fused-ring (bicyclic) bond motifs is 3. The molecule has 3 aromatic carbocycles. The summed E-state index contributed by atoms with van der Waals surface area (Å²) in [5, 5.41) is 17.4. The molecule has 0 aliphatic heterocycles. The third-order valence-corrected chi connectivity index (χ3v) is 5.59. The van der Waals surface area contributed by atoms with E-state index in [0.717, 1.165) is 27.5 Å². The van der Waals surface area contributed by atoms with E-state index in [1.165, 1.54) is 0 Å². The molecule has 1 heterocycles. The van der Waals surface area contributed by atoms with E-state index in [1.807, 2.05) is 48.5 Å². The summed E-state index contributed by atoms with van der Waals surface area (Å²) in [6.07, 6.45) is -0.637. The summed E-state index contributed by atoms with van der Waals surface area (Å²) in [5.74, 6) is 1.36. The highest BCUT2D eigenvalue weighted by Crippen LogP contribution is 2.33. The van der Waals surface area contributed by atoms with Crippen molar-refractivity contribution in [3.8, 4) is 11.5 Å². The summed E-state index contributed by atoms with van der Waals surface area (Å²) in [6.45, 7) is 0.764. The van der Waals surface area contributed by atoms with Crippen LogP contribution in [-0.2, 0) is 6.54 Å². The summed E-state index contributed by atoms with van der Waals surface area (Å²) in [5.41, 5.74) is 2.79. The van der Waals surface area contributed by atoms with Crippen molar-refractivity contribution in [3.05, 3.63) is 64.6 Å². The summed E-state index contributed by atoms with van der Waals surface area (Å²) in [4.78, 5) is 0. The maximum Gasteiger partial charge on any atom is 0.145 e. The van der Waals surface area contributed by atoms with Crippen molar-refractivity contribution in [1.29, 1.82) is 0 Å². The van der Waals surface area contributed by atoms with Crippen LogP contribution in [0.4, 0.5) is 5.69 Å². The Hall–Kier alpha value is -2.60. The monoisotopic (exact) mass is 444 g/mol. The molecule has 0 amide bonds. The van der Waals surface area contributed by atoms with Gasteiger partial charge in [0.25, 0.3) is 0 Å². The molecule has 0 saturated heterocycles. The van der Waals surface area contributed by atoms with Gasteiger partial charge in [0.2, 0.25) is 0 Å². The molecular weight excluding hydrogens is 423 g/mol. The Bertz CT molecular complexity index is 1150. The Morgan fingerprint density at radius 3 is 2.10 bits per heavy atom. The van der Waals surface area contributed by atoms with Gasteiger partial charge in [0, 0.05) is 44.5 Å². The molecule has 4 rings (SSSR count). The Balaban J connectivity index is 1.59. The van der Waals surface area contributed by atoms with Gasteiger partial charge in [-0.2, -0.15) is 0 Å². The van der Waals surface area contributed by atoms with E-state index in [-0.39, 0.29) is 0 Å². The topological polar surface area (TPSA) is 55.6 Å². The lowest BCUT2D eigenvalue weighted by molar-refractivity contribution is 0.169. The Morgan fingerprint density at radius 2 is 1.53 bits per heavy atom. The van der Waals surface area contributed by atoms with Gasteiger partial charge in [0.15, 0.2) is 0 Å². The smallest absolute Gasteiger partial charge is 0.145 e. The molecule has 156 valence electrons. The van der Waals surface area contributed by atoms with Crippen molar-refractivity contribution in [1.82, 2.24) is 4.57 Å². The summed E-state index contributed by atoms with van der Waals surface area (Å²) in [7, 11) is 3.21. The van der Waals surface area contributed by atoms with Crippen molar-refractivity contribution in [3.63, 3.8) is 0 Å². The Morgan fingerprint density at radius 1 is 0.900 bits per heavy atom. The second kappa shape index (κ2) is 8.64. The normalized spacial score (nSPS) is 12.3. The fraction of sp³-hybridized carbons (Fsp3) is 0.217. The van der Waals surface area contributed by atoms with Crippen LogP contribution >= 0.6 is 23.2 Å². The molecule has 1 aromatic heterocycles. The van der Waals surface area contributed by atoms with Gasteiger partial charge in [-0.25, -0.2) is 0 Å². The van der Waals surface area contributed by atoms with Gasteiger partial charge in [-0.1, -0.05) is 23.2 Å². The molecule has 4 aromatic rings. The number of aliphatic hydroxyl groups excluding tert-OH is 1. The van der Waals surface area contributed by atoms with Crippen LogP contribution in [-0.4, -0.2) is 36.5 Å². The van der Waals surface area contributed by atoms with Crippen molar-refractivity contribution in [2.45, 2.75) is 12.6 Å². The van der Waals surface area contributed by atoms with E-state index in [2.05, 4.69) is 9.88 Å². The molecule has 0 fully saturated rings. The zero-order chi connectivity index (χ0) is 21.3. The Labute approximate surface area is 184 Å². The second-order valence-corrected chi connectivity index (χ2v) is 7.91. The minimum atomic E-state index is -0.637. The highest BCUT2D eigenvalue weighted by molar-refractivity contribution is 6.33. The molecule has 1 atom stereocenters. The third-order valence-electron chi connectivity index (χ3n) is 5.12. The fourth-order valence-electron chi connectivity index (χ4n) is 3.69. The predicted molar refractivity (Wildman–Crippen MR) is 124 cm³/mol. The van der Waals surface area contributed by atoms with Crippen molar-refractivity contribution < 1.29 is 14.6 Å². The fourth-order valence-corrected chi connectivity index (χ4v) is 4.04. The molecule has 0 unspecified atom stereocenters. The van der Waals surface area contributed by atoms with Crippen LogP contribution in [0.5, 0.6) is 11.5 Å². The van der Waals surface area contributed by atoms with E-state index in [0.29, 0.717) is 34.6 Å². The van der Waals surface area contributed by atoms with Crippen LogP contribution in [0.15, 0.2) is 54.6 Å². The molecule has 0 saturated carbocycles. The molecule has 0 aliphatic carbocycles. The number of methoxy groups -OCH3 is 2.